The van der Waals surface area contributed by atoms with E-state index in [-0.39, 0.29) is 0 Å². The zero-order chi connectivity index (χ0) is 8.23. The average Bonchev–Trinajstić information content (AvgIpc) is 2.59. The van der Waals surface area contributed by atoms with Crippen molar-refractivity contribution in [3.05, 3.63) is 24.4 Å². The first-order chi connectivity index (χ1) is 5.95. The Morgan fingerprint density at radius 1 is 1.42 bits per heavy atom. The van der Waals surface area contributed by atoms with E-state index in [9.17, 15) is 0 Å². The van der Waals surface area contributed by atoms with Crippen LogP contribution >= 0.6 is 0 Å². The van der Waals surface area contributed by atoms with Gasteiger partial charge in [0.2, 0.25) is 5.88 Å². The van der Waals surface area contributed by atoms with Gasteiger partial charge in [0.05, 0.1) is 6.20 Å². The van der Waals surface area contributed by atoms with Crippen molar-refractivity contribution >= 4 is 0 Å². The standard InChI is InChI=1S/C10H12NO/c1-2-6-9(5-1)12-10-7-3-4-8-11-10/h3-4,7,9H,1-2,5-6H2. The fourth-order valence-electron chi connectivity index (χ4n) is 1.55. The third-order valence-electron chi connectivity index (χ3n) is 2.17. The summed E-state index contributed by atoms with van der Waals surface area (Å²) in [6.07, 6.45) is 8.10. The first-order valence-corrected chi connectivity index (χ1v) is 4.45. The Labute approximate surface area is 72.6 Å². The van der Waals surface area contributed by atoms with Crippen LogP contribution in [0.5, 0.6) is 5.88 Å². The topological polar surface area (TPSA) is 22.1 Å². The molecule has 0 aliphatic heterocycles. The maximum Gasteiger partial charge on any atom is 0.214 e. The van der Waals surface area contributed by atoms with Gasteiger partial charge in [-0.1, -0.05) is 6.07 Å². The first kappa shape index (κ1) is 7.59. The van der Waals surface area contributed by atoms with Crippen LogP contribution in [0.2, 0.25) is 0 Å². The molecule has 0 spiro atoms. The maximum absolute atomic E-state index is 5.63. The highest BCUT2D eigenvalue weighted by atomic mass is 16.5. The molecule has 1 radical (unpaired) electrons. The molecule has 1 fully saturated rings. The molecule has 0 amide bonds. The Hall–Kier alpha value is -1.05. The normalized spacial score (nSPS) is 18.0. The number of pyridine rings is 1. The number of rotatable bonds is 2. The van der Waals surface area contributed by atoms with E-state index in [0.29, 0.717) is 12.0 Å². The first-order valence-electron chi connectivity index (χ1n) is 4.45. The molecule has 2 heteroatoms. The molecular weight excluding hydrogens is 150 g/mol. The van der Waals surface area contributed by atoms with Gasteiger partial charge in [0.1, 0.15) is 6.10 Å². The Balaban J connectivity index is 1.94. The van der Waals surface area contributed by atoms with Crippen molar-refractivity contribution in [2.45, 2.75) is 31.8 Å². The lowest BCUT2D eigenvalue weighted by atomic mass is 10.3. The average molecular weight is 162 g/mol. The van der Waals surface area contributed by atoms with Crippen LogP contribution in [-0.4, -0.2) is 11.1 Å². The predicted molar refractivity (Wildman–Crippen MR) is 46.0 cm³/mol. The van der Waals surface area contributed by atoms with Gasteiger partial charge in [0.25, 0.3) is 0 Å². The van der Waals surface area contributed by atoms with Crippen LogP contribution in [0.15, 0.2) is 18.2 Å². The molecule has 0 saturated heterocycles. The number of hydrogen-bond donors (Lipinski definition) is 0. The second kappa shape index (κ2) is 3.57. The summed E-state index contributed by atoms with van der Waals surface area (Å²) in [5.74, 6) is 0.712. The Bertz CT molecular complexity index is 229. The molecule has 12 heavy (non-hydrogen) atoms. The van der Waals surface area contributed by atoms with Crippen LogP contribution in [-0.2, 0) is 0 Å². The van der Waals surface area contributed by atoms with E-state index in [1.807, 2.05) is 12.1 Å². The largest absolute Gasteiger partial charge is 0.474 e. The summed E-state index contributed by atoms with van der Waals surface area (Å²) < 4.78 is 5.63. The van der Waals surface area contributed by atoms with E-state index in [1.165, 1.54) is 25.7 Å². The summed E-state index contributed by atoms with van der Waals surface area (Å²) in [5.41, 5.74) is 0. The van der Waals surface area contributed by atoms with E-state index in [2.05, 4.69) is 11.2 Å². The molecule has 0 atom stereocenters. The molecular formula is C10H12NO. The lowest BCUT2D eigenvalue weighted by molar-refractivity contribution is 0.201. The zero-order valence-electron chi connectivity index (χ0n) is 6.99. The van der Waals surface area contributed by atoms with E-state index in [4.69, 9.17) is 4.74 Å². The van der Waals surface area contributed by atoms with Crippen LogP contribution < -0.4 is 4.74 Å². The molecule has 1 aromatic rings. The summed E-state index contributed by atoms with van der Waals surface area (Å²) in [4.78, 5) is 4.00. The van der Waals surface area contributed by atoms with Crippen LogP contribution in [0, 0.1) is 6.20 Å². The van der Waals surface area contributed by atoms with Gasteiger partial charge in [-0.2, -0.15) is 0 Å². The van der Waals surface area contributed by atoms with E-state index in [0.717, 1.165) is 0 Å². The van der Waals surface area contributed by atoms with Crippen LogP contribution in [0.25, 0.3) is 0 Å². The molecule has 63 valence electrons. The molecule has 0 aromatic carbocycles. The van der Waals surface area contributed by atoms with Crippen LogP contribution in [0.3, 0.4) is 0 Å². The highest BCUT2D eigenvalue weighted by Crippen LogP contribution is 2.22. The second-order valence-corrected chi connectivity index (χ2v) is 3.13. The van der Waals surface area contributed by atoms with Crippen molar-refractivity contribution in [3.63, 3.8) is 0 Å². The molecule has 1 aliphatic rings. The number of hydrogen-bond acceptors (Lipinski definition) is 2. The van der Waals surface area contributed by atoms with E-state index < -0.39 is 0 Å². The molecule has 0 bridgehead atoms. The highest BCUT2D eigenvalue weighted by molar-refractivity contribution is 5.09. The van der Waals surface area contributed by atoms with Gasteiger partial charge in [-0.15, -0.1) is 0 Å². The number of nitrogens with zero attached hydrogens (tertiary/aromatic N) is 1. The summed E-state index contributed by atoms with van der Waals surface area (Å²) in [5, 5.41) is 0. The lowest BCUT2D eigenvalue weighted by Gasteiger charge is -2.10. The summed E-state index contributed by atoms with van der Waals surface area (Å²) in [7, 11) is 0. The molecule has 1 aromatic heterocycles. The van der Waals surface area contributed by atoms with Gasteiger partial charge in [-0.3, -0.25) is 0 Å². The molecule has 1 heterocycles. The van der Waals surface area contributed by atoms with Crippen molar-refractivity contribution in [2.75, 3.05) is 0 Å². The minimum absolute atomic E-state index is 0.397. The maximum atomic E-state index is 5.63. The molecule has 2 rings (SSSR count). The van der Waals surface area contributed by atoms with E-state index >= 15 is 0 Å². The fourth-order valence-corrected chi connectivity index (χ4v) is 1.55. The lowest BCUT2D eigenvalue weighted by Crippen LogP contribution is -2.11. The summed E-state index contributed by atoms with van der Waals surface area (Å²) in [6.45, 7) is 0. The Morgan fingerprint density at radius 2 is 2.25 bits per heavy atom. The SMILES string of the molecule is [c]1cccc(OC2CCCC2)n1. The minimum Gasteiger partial charge on any atom is -0.474 e. The van der Waals surface area contributed by atoms with Gasteiger partial charge < -0.3 is 4.74 Å². The van der Waals surface area contributed by atoms with Gasteiger partial charge in [0, 0.05) is 6.07 Å². The second-order valence-electron chi connectivity index (χ2n) is 3.13. The van der Waals surface area contributed by atoms with Gasteiger partial charge in [-0.25, -0.2) is 4.98 Å². The Kier molecular flexibility index (Phi) is 2.26. The third kappa shape index (κ3) is 1.76. The molecule has 1 aliphatic carbocycles. The Morgan fingerprint density at radius 3 is 2.92 bits per heavy atom. The summed E-state index contributed by atoms with van der Waals surface area (Å²) in [6, 6.07) is 5.56. The quantitative estimate of drug-likeness (QED) is 0.665. The highest BCUT2D eigenvalue weighted by Gasteiger charge is 2.16. The van der Waals surface area contributed by atoms with Gasteiger partial charge in [0.15, 0.2) is 0 Å². The van der Waals surface area contributed by atoms with Gasteiger partial charge >= 0.3 is 0 Å². The van der Waals surface area contributed by atoms with Crippen molar-refractivity contribution in [1.82, 2.24) is 4.98 Å². The van der Waals surface area contributed by atoms with Crippen molar-refractivity contribution in [3.8, 4) is 5.88 Å². The van der Waals surface area contributed by atoms with E-state index in [1.54, 1.807) is 6.07 Å². The van der Waals surface area contributed by atoms with Crippen molar-refractivity contribution in [2.24, 2.45) is 0 Å². The van der Waals surface area contributed by atoms with Crippen molar-refractivity contribution in [1.29, 1.82) is 0 Å². The smallest absolute Gasteiger partial charge is 0.214 e. The molecule has 0 unspecified atom stereocenters. The molecule has 0 N–H and O–H groups in total. The number of ether oxygens (including phenoxy) is 1. The fraction of sp³-hybridized carbons (Fsp3) is 0.500. The summed E-state index contributed by atoms with van der Waals surface area (Å²) >= 11 is 0. The molecule has 2 nitrogen and oxygen atoms in total. The zero-order valence-corrected chi connectivity index (χ0v) is 6.99. The minimum atomic E-state index is 0.397. The third-order valence-corrected chi connectivity index (χ3v) is 2.17. The van der Waals surface area contributed by atoms with Crippen LogP contribution in [0.1, 0.15) is 25.7 Å². The monoisotopic (exact) mass is 162 g/mol. The van der Waals surface area contributed by atoms with Crippen LogP contribution in [0.4, 0.5) is 0 Å². The predicted octanol–water partition coefficient (Wildman–Crippen LogP) is 2.20. The molecule has 1 saturated carbocycles. The van der Waals surface area contributed by atoms with Crippen molar-refractivity contribution < 1.29 is 4.74 Å². The van der Waals surface area contributed by atoms with Gasteiger partial charge in [-0.05, 0) is 31.7 Å². The number of aromatic nitrogens is 1.